The second-order valence-corrected chi connectivity index (χ2v) is 5.60. The Kier molecular flexibility index (Phi) is 3.08. The van der Waals surface area contributed by atoms with E-state index in [0.29, 0.717) is 0 Å². The fraction of sp³-hybridized carbons (Fsp3) is 0.235. The summed E-state index contributed by atoms with van der Waals surface area (Å²) < 4.78 is 13.5. The molecule has 0 radical (unpaired) electrons. The van der Waals surface area contributed by atoms with Crippen LogP contribution in [-0.2, 0) is 13.0 Å². The Morgan fingerprint density at radius 2 is 2.18 bits per heavy atom. The first-order valence-corrected chi connectivity index (χ1v) is 7.42. The van der Waals surface area contributed by atoms with E-state index in [2.05, 4.69) is 15.3 Å². The van der Waals surface area contributed by atoms with Gasteiger partial charge in [-0.2, -0.15) is 0 Å². The summed E-state index contributed by atoms with van der Waals surface area (Å²) in [4.78, 5) is 9.89. The topological polar surface area (TPSA) is 44.0 Å². The molecule has 2 N–H and O–H groups in total. The predicted octanol–water partition coefficient (Wildman–Crippen LogP) is 3.12. The van der Waals surface area contributed by atoms with Crippen molar-refractivity contribution in [2.24, 2.45) is 0 Å². The van der Waals surface area contributed by atoms with Gasteiger partial charge < -0.3 is 15.2 Å². The number of benzene rings is 1. The highest BCUT2D eigenvalue weighted by molar-refractivity contribution is 5.95. The van der Waals surface area contributed by atoms with E-state index < -0.39 is 0 Å². The number of nitrogens with zero attached hydrogens (tertiary/aromatic N) is 2. The maximum atomic E-state index is 13.5. The summed E-state index contributed by atoms with van der Waals surface area (Å²) in [6.45, 7) is 1.82. The van der Waals surface area contributed by atoms with Crippen LogP contribution in [0.2, 0.25) is 0 Å². The zero-order chi connectivity index (χ0) is 15.1. The summed E-state index contributed by atoms with van der Waals surface area (Å²) >= 11 is 0. The highest BCUT2D eigenvalue weighted by atomic mass is 19.1. The van der Waals surface area contributed by atoms with E-state index >= 15 is 0 Å². The summed E-state index contributed by atoms with van der Waals surface area (Å²) in [6.07, 6.45) is 2.78. The fourth-order valence-electron chi connectivity index (χ4n) is 3.15. The number of halogens is 1. The van der Waals surface area contributed by atoms with Crippen LogP contribution in [0.1, 0.15) is 11.3 Å². The van der Waals surface area contributed by atoms with Crippen molar-refractivity contribution in [3.8, 4) is 0 Å². The van der Waals surface area contributed by atoms with Gasteiger partial charge in [-0.3, -0.25) is 0 Å². The van der Waals surface area contributed by atoms with Crippen LogP contribution in [0.25, 0.3) is 11.0 Å². The summed E-state index contributed by atoms with van der Waals surface area (Å²) in [5, 5.41) is 4.53. The van der Waals surface area contributed by atoms with Crippen LogP contribution in [0.4, 0.5) is 15.8 Å². The fourth-order valence-corrected chi connectivity index (χ4v) is 3.15. The molecule has 4 nitrogen and oxygen atoms in total. The SMILES string of the molecule is CN(c1cccc(F)c1)c1ccnc2[nH]c3c(c12)CNCC3. The molecule has 0 atom stereocenters. The molecule has 0 saturated carbocycles. The number of H-pyrrole nitrogens is 1. The second-order valence-electron chi connectivity index (χ2n) is 5.60. The van der Waals surface area contributed by atoms with Gasteiger partial charge in [0.05, 0.1) is 5.69 Å². The third-order valence-corrected chi connectivity index (χ3v) is 4.27. The van der Waals surface area contributed by atoms with E-state index in [0.717, 1.165) is 41.9 Å². The number of hydrogen-bond donors (Lipinski definition) is 2. The van der Waals surface area contributed by atoms with E-state index in [1.165, 1.54) is 17.3 Å². The minimum Gasteiger partial charge on any atom is -0.344 e. The van der Waals surface area contributed by atoms with Crippen LogP contribution in [0.15, 0.2) is 36.5 Å². The Hall–Kier alpha value is -2.40. The van der Waals surface area contributed by atoms with Crippen LogP contribution >= 0.6 is 0 Å². The standard InChI is InChI=1S/C17H17FN4/c1-22(12-4-2-3-11(18)9-12)15-6-8-20-17-16(15)13-10-19-7-5-14(13)21-17/h2-4,6,8-9,19H,5,7,10H2,1H3,(H,20,21). The molecule has 2 aromatic heterocycles. The molecule has 0 amide bonds. The van der Waals surface area contributed by atoms with Crippen molar-refractivity contribution in [3.05, 3.63) is 53.6 Å². The smallest absolute Gasteiger partial charge is 0.139 e. The van der Waals surface area contributed by atoms with Crippen LogP contribution < -0.4 is 10.2 Å². The Morgan fingerprint density at radius 1 is 1.27 bits per heavy atom. The Balaban J connectivity index is 1.89. The van der Waals surface area contributed by atoms with E-state index in [9.17, 15) is 4.39 Å². The number of aromatic amines is 1. The van der Waals surface area contributed by atoms with Gasteiger partial charge in [-0.1, -0.05) is 6.07 Å². The lowest BCUT2D eigenvalue weighted by atomic mass is 10.1. The monoisotopic (exact) mass is 296 g/mol. The largest absolute Gasteiger partial charge is 0.344 e. The molecule has 0 unspecified atom stereocenters. The number of nitrogens with one attached hydrogen (secondary N) is 2. The maximum absolute atomic E-state index is 13.5. The number of anilines is 2. The van der Waals surface area contributed by atoms with Crippen LogP contribution in [-0.4, -0.2) is 23.6 Å². The average molecular weight is 296 g/mol. The first-order chi connectivity index (χ1) is 10.7. The minimum absolute atomic E-state index is 0.229. The van der Waals surface area contributed by atoms with Crippen molar-refractivity contribution < 1.29 is 4.39 Å². The molecule has 4 rings (SSSR count). The van der Waals surface area contributed by atoms with E-state index in [4.69, 9.17) is 0 Å². The predicted molar refractivity (Wildman–Crippen MR) is 86.0 cm³/mol. The normalized spacial score (nSPS) is 14.1. The molecule has 22 heavy (non-hydrogen) atoms. The first kappa shape index (κ1) is 13.3. The van der Waals surface area contributed by atoms with Crippen molar-refractivity contribution in [1.29, 1.82) is 0 Å². The molecule has 112 valence electrons. The van der Waals surface area contributed by atoms with E-state index in [1.54, 1.807) is 18.3 Å². The molecule has 3 heterocycles. The van der Waals surface area contributed by atoms with Gasteiger partial charge in [0, 0.05) is 49.5 Å². The number of aromatic nitrogens is 2. The highest BCUT2D eigenvalue weighted by Crippen LogP contribution is 2.34. The van der Waals surface area contributed by atoms with Crippen molar-refractivity contribution in [1.82, 2.24) is 15.3 Å². The third-order valence-electron chi connectivity index (χ3n) is 4.27. The van der Waals surface area contributed by atoms with Gasteiger partial charge in [0.2, 0.25) is 0 Å². The molecule has 1 aromatic carbocycles. The van der Waals surface area contributed by atoms with Crippen LogP contribution in [0.5, 0.6) is 0 Å². The van der Waals surface area contributed by atoms with Crippen molar-refractivity contribution >= 4 is 22.4 Å². The zero-order valence-electron chi connectivity index (χ0n) is 12.4. The van der Waals surface area contributed by atoms with Crippen LogP contribution in [0, 0.1) is 5.82 Å². The van der Waals surface area contributed by atoms with Gasteiger partial charge in [-0.15, -0.1) is 0 Å². The number of pyridine rings is 1. The number of hydrogen-bond acceptors (Lipinski definition) is 3. The molecule has 5 heteroatoms. The molecule has 1 aliphatic heterocycles. The molecule has 0 bridgehead atoms. The molecule has 3 aromatic rings. The number of fused-ring (bicyclic) bond motifs is 3. The summed E-state index contributed by atoms with van der Waals surface area (Å²) in [5.74, 6) is -0.229. The summed E-state index contributed by atoms with van der Waals surface area (Å²) in [5.41, 5.74) is 5.28. The molecular formula is C17H17FN4. The van der Waals surface area contributed by atoms with Gasteiger partial charge >= 0.3 is 0 Å². The lowest BCUT2D eigenvalue weighted by Crippen LogP contribution is -2.23. The molecule has 0 fully saturated rings. The highest BCUT2D eigenvalue weighted by Gasteiger charge is 2.20. The van der Waals surface area contributed by atoms with Crippen LogP contribution in [0.3, 0.4) is 0 Å². The molecule has 1 aliphatic rings. The quantitative estimate of drug-likeness (QED) is 0.763. The zero-order valence-corrected chi connectivity index (χ0v) is 12.4. The Labute approximate surface area is 128 Å². The van der Waals surface area contributed by atoms with E-state index in [1.807, 2.05) is 24.1 Å². The van der Waals surface area contributed by atoms with Gasteiger partial charge in [-0.25, -0.2) is 9.37 Å². The minimum atomic E-state index is -0.229. The third kappa shape index (κ3) is 2.05. The molecular weight excluding hydrogens is 279 g/mol. The molecule has 0 aliphatic carbocycles. The molecule has 0 saturated heterocycles. The maximum Gasteiger partial charge on any atom is 0.139 e. The van der Waals surface area contributed by atoms with Crippen molar-refractivity contribution in [2.75, 3.05) is 18.5 Å². The van der Waals surface area contributed by atoms with Crippen molar-refractivity contribution in [3.63, 3.8) is 0 Å². The first-order valence-electron chi connectivity index (χ1n) is 7.42. The average Bonchev–Trinajstić information content (AvgIpc) is 2.92. The van der Waals surface area contributed by atoms with E-state index in [-0.39, 0.29) is 5.82 Å². The second kappa shape index (κ2) is 5.10. The lowest BCUT2D eigenvalue weighted by Gasteiger charge is -2.21. The van der Waals surface area contributed by atoms with Crippen molar-refractivity contribution in [2.45, 2.75) is 13.0 Å². The molecule has 0 spiro atoms. The summed E-state index contributed by atoms with van der Waals surface area (Å²) in [6, 6.07) is 8.63. The summed E-state index contributed by atoms with van der Waals surface area (Å²) in [7, 11) is 1.96. The van der Waals surface area contributed by atoms with Gasteiger partial charge in [0.15, 0.2) is 0 Å². The van der Waals surface area contributed by atoms with Gasteiger partial charge in [0.25, 0.3) is 0 Å². The number of rotatable bonds is 2. The van der Waals surface area contributed by atoms with Gasteiger partial charge in [-0.05, 0) is 29.8 Å². The van der Waals surface area contributed by atoms with Gasteiger partial charge in [0.1, 0.15) is 11.5 Å². The Morgan fingerprint density at radius 3 is 3.05 bits per heavy atom. The Bertz CT molecular complexity index is 840. The lowest BCUT2D eigenvalue weighted by molar-refractivity contribution is 0.628.